The highest BCUT2D eigenvalue weighted by Crippen LogP contribution is 1.82. The Morgan fingerprint density at radius 1 is 1.08 bits per heavy atom. The molecule has 0 unspecified atom stereocenters. The van der Waals surface area contributed by atoms with Crippen LogP contribution in [0.5, 0.6) is 0 Å². The molecule has 0 aliphatic heterocycles. The summed E-state index contributed by atoms with van der Waals surface area (Å²) in [5.74, 6) is 6.02. The molecule has 68 valence electrons. The lowest BCUT2D eigenvalue weighted by Gasteiger charge is -1.74. The lowest BCUT2D eigenvalue weighted by molar-refractivity contribution is 1.27. The van der Waals surface area contributed by atoms with Crippen molar-refractivity contribution >= 4 is 0 Å². The third-order valence-electron chi connectivity index (χ3n) is 0.961. The van der Waals surface area contributed by atoms with Crippen molar-refractivity contribution in [1.82, 2.24) is 0 Å². The molecule has 0 N–H and O–H groups in total. The summed E-state index contributed by atoms with van der Waals surface area (Å²) in [5, 5.41) is 0. The number of hydrogen-bond acceptors (Lipinski definition) is 0. The van der Waals surface area contributed by atoms with E-state index in [2.05, 4.69) is 24.8 Å². The van der Waals surface area contributed by atoms with Gasteiger partial charge in [0, 0.05) is 12.8 Å². The van der Waals surface area contributed by atoms with E-state index in [4.69, 9.17) is 0 Å². The van der Waals surface area contributed by atoms with Crippen molar-refractivity contribution < 1.29 is 0 Å². The van der Waals surface area contributed by atoms with Gasteiger partial charge >= 0.3 is 0 Å². The summed E-state index contributed by atoms with van der Waals surface area (Å²) in [5.41, 5.74) is 0. The summed E-state index contributed by atoms with van der Waals surface area (Å²) >= 11 is 0. The van der Waals surface area contributed by atoms with Crippen LogP contribution in [-0.4, -0.2) is 0 Å². The Balaban J connectivity index is 0. The molecule has 0 heteroatoms. The van der Waals surface area contributed by atoms with Gasteiger partial charge in [-0.2, -0.15) is 0 Å². The van der Waals surface area contributed by atoms with E-state index < -0.39 is 0 Å². The summed E-state index contributed by atoms with van der Waals surface area (Å²) in [7, 11) is 0. The fraction of sp³-hybridized carbons (Fsp3) is 0.500. The molecule has 0 saturated heterocycles. The molecule has 0 aromatic carbocycles. The van der Waals surface area contributed by atoms with Crippen LogP contribution < -0.4 is 0 Å². The Hall–Kier alpha value is -0.960. The molecule has 0 aliphatic carbocycles. The number of hydrogen-bond donors (Lipinski definition) is 0. The standard InChI is InChI=1S/C10H14.C2H6/c1-3-5-7-9-10-8-6-4-2;1-2/h3,5,7,9H,4,10H2,1-2H3;1-2H3/b5-3-,9-7-;. The predicted octanol–water partition coefficient (Wildman–Crippen LogP) is 3.95. The minimum atomic E-state index is 0.873. The summed E-state index contributed by atoms with van der Waals surface area (Å²) in [6.07, 6.45) is 9.92. The van der Waals surface area contributed by atoms with Gasteiger partial charge in [-0.25, -0.2) is 0 Å². The van der Waals surface area contributed by atoms with Crippen LogP contribution in [0.15, 0.2) is 24.3 Å². The molecule has 0 amide bonds. The Kier molecular flexibility index (Phi) is 18.8. The van der Waals surface area contributed by atoms with Gasteiger partial charge < -0.3 is 0 Å². The smallest absolute Gasteiger partial charge is 0.0272 e. The average molecular weight is 164 g/mol. The highest BCUT2D eigenvalue weighted by Gasteiger charge is 1.65. The van der Waals surface area contributed by atoms with Crippen LogP contribution in [0.1, 0.15) is 40.5 Å². The second-order valence-electron chi connectivity index (χ2n) is 1.87. The molecule has 0 rings (SSSR count). The van der Waals surface area contributed by atoms with Gasteiger partial charge in [0.05, 0.1) is 0 Å². The molecule has 0 aromatic rings. The normalized spacial score (nSPS) is 9.00. The van der Waals surface area contributed by atoms with Crippen molar-refractivity contribution in [3.63, 3.8) is 0 Å². The van der Waals surface area contributed by atoms with Gasteiger partial charge in [0.1, 0.15) is 0 Å². The highest BCUT2D eigenvalue weighted by molar-refractivity contribution is 5.08. The Labute approximate surface area is 77.4 Å². The van der Waals surface area contributed by atoms with Crippen molar-refractivity contribution in [1.29, 1.82) is 0 Å². The fourth-order valence-electron chi connectivity index (χ4n) is 0.514. The molecule has 12 heavy (non-hydrogen) atoms. The molecule has 0 bridgehead atoms. The lowest BCUT2D eigenvalue weighted by Crippen LogP contribution is -1.58. The molecule has 0 nitrogen and oxygen atoms in total. The van der Waals surface area contributed by atoms with Crippen molar-refractivity contribution in [3.05, 3.63) is 24.3 Å². The first-order valence-electron chi connectivity index (χ1n) is 4.65. The van der Waals surface area contributed by atoms with Crippen LogP contribution >= 0.6 is 0 Å². The van der Waals surface area contributed by atoms with Crippen LogP contribution in [0.4, 0.5) is 0 Å². The molecule has 0 fully saturated rings. The summed E-state index contributed by atoms with van der Waals surface area (Å²) in [6.45, 7) is 8.06. The van der Waals surface area contributed by atoms with E-state index >= 15 is 0 Å². The average Bonchev–Trinajstić information content (AvgIpc) is 2.15. The van der Waals surface area contributed by atoms with Gasteiger partial charge in [-0.05, 0) is 6.92 Å². The molecule has 0 heterocycles. The van der Waals surface area contributed by atoms with Gasteiger partial charge in [-0.1, -0.05) is 51.0 Å². The summed E-state index contributed by atoms with van der Waals surface area (Å²) < 4.78 is 0. The molecular formula is C12H20. The van der Waals surface area contributed by atoms with Gasteiger partial charge in [-0.15, -0.1) is 5.92 Å². The molecule has 0 spiro atoms. The van der Waals surface area contributed by atoms with Gasteiger partial charge in [0.15, 0.2) is 0 Å². The van der Waals surface area contributed by atoms with E-state index in [0.717, 1.165) is 12.8 Å². The van der Waals surface area contributed by atoms with E-state index in [1.165, 1.54) is 0 Å². The van der Waals surface area contributed by atoms with Gasteiger partial charge in [-0.3, -0.25) is 0 Å². The van der Waals surface area contributed by atoms with E-state index in [9.17, 15) is 0 Å². The first kappa shape index (κ1) is 13.6. The van der Waals surface area contributed by atoms with E-state index in [1.807, 2.05) is 39.0 Å². The van der Waals surface area contributed by atoms with Crippen molar-refractivity contribution in [2.24, 2.45) is 0 Å². The highest BCUT2D eigenvalue weighted by atomic mass is 13.7. The first-order valence-corrected chi connectivity index (χ1v) is 4.65. The SMILES string of the molecule is C/C=C\C=C/CC#CCC.CC. The fourth-order valence-corrected chi connectivity index (χ4v) is 0.514. The Bertz CT molecular complexity index is 162. The van der Waals surface area contributed by atoms with Crippen LogP contribution in [0.25, 0.3) is 0 Å². The molecule has 0 saturated carbocycles. The third kappa shape index (κ3) is 16.0. The second-order valence-corrected chi connectivity index (χ2v) is 1.87. The summed E-state index contributed by atoms with van der Waals surface area (Å²) in [4.78, 5) is 0. The van der Waals surface area contributed by atoms with Crippen LogP contribution in [0.2, 0.25) is 0 Å². The Morgan fingerprint density at radius 2 is 1.75 bits per heavy atom. The summed E-state index contributed by atoms with van der Waals surface area (Å²) in [6, 6.07) is 0. The lowest BCUT2D eigenvalue weighted by atomic mass is 10.3. The monoisotopic (exact) mass is 164 g/mol. The first-order chi connectivity index (χ1) is 5.91. The van der Waals surface area contributed by atoms with Crippen molar-refractivity contribution in [2.45, 2.75) is 40.5 Å². The van der Waals surface area contributed by atoms with Crippen LogP contribution in [0.3, 0.4) is 0 Å². The van der Waals surface area contributed by atoms with Crippen LogP contribution in [0, 0.1) is 11.8 Å². The largest absolute Gasteiger partial charge is 0.103 e. The molecular weight excluding hydrogens is 144 g/mol. The zero-order valence-corrected chi connectivity index (χ0v) is 8.72. The molecule has 0 aliphatic rings. The quantitative estimate of drug-likeness (QED) is 0.428. The molecule has 0 radical (unpaired) electrons. The maximum Gasteiger partial charge on any atom is 0.0272 e. The van der Waals surface area contributed by atoms with Crippen molar-refractivity contribution in [3.8, 4) is 11.8 Å². The molecule has 0 atom stereocenters. The van der Waals surface area contributed by atoms with Crippen LogP contribution in [-0.2, 0) is 0 Å². The van der Waals surface area contributed by atoms with Gasteiger partial charge in [0.2, 0.25) is 0 Å². The zero-order valence-electron chi connectivity index (χ0n) is 8.72. The second kappa shape index (κ2) is 16.6. The topological polar surface area (TPSA) is 0 Å². The third-order valence-corrected chi connectivity index (χ3v) is 0.961. The zero-order chi connectivity index (χ0) is 9.66. The van der Waals surface area contributed by atoms with Gasteiger partial charge in [0.25, 0.3) is 0 Å². The number of rotatable bonds is 2. The maximum absolute atomic E-state index is 3.02. The van der Waals surface area contributed by atoms with E-state index in [0.29, 0.717) is 0 Å². The van der Waals surface area contributed by atoms with E-state index in [-0.39, 0.29) is 0 Å². The number of allylic oxidation sites excluding steroid dienone is 4. The minimum Gasteiger partial charge on any atom is -0.103 e. The Morgan fingerprint density at radius 3 is 2.25 bits per heavy atom. The predicted molar refractivity (Wildman–Crippen MR) is 58.0 cm³/mol. The maximum atomic E-state index is 3.02. The molecule has 0 aromatic heterocycles. The van der Waals surface area contributed by atoms with Crippen molar-refractivity contribution in [2.75, 3.05) is 0 Å². The minimum absolute atomic E-state index is 0.873. The van der Waals surface area contributed by atoms with E-state index in [1.54, 1.807) is 0 Å².